The molecule has 5 rings (SSSR count). The Morgan fingerprint density at radius 3 is 2.11 bits per heavy atom. The number of hydrogen-bond donors (Lipinski definition) is 3. The van der Waals surface area contributed by atoms with Gasteiger partial charge in [0.2, 0.25) is 5.91 Å². The number of anilines is 3. The van der Waals surface area contributed by atoms with E-state index in [4.69, 9.17) is 4.74 Å². The molecule has 0 radical (unpaired) electrons. The molecule has 1 aliphatic carbocycles. The van der Waals surface area contributed by atoms with E-state index in [0.29, 0.717) is 6.10 Å². The van der Waals surface area contributed by atoms with E-state index in [1.165, 1.54) is 32.1 Å². The summed E-state index contributed by atoms with van der Waals surface area (Å²) < 4.78 is 5.99. The van der Waals surface area contributed by atoms with Crippen LogP contribution < -0.4 is 25.6 Å². The summed E-state index contributed by atoms with van der Waals surface area (Å²) in [5.74, 6) is 0.985. The van der Waals surface area contributed by atoms with Gasteiger partial charge in [0.1, 0.15) is 5.75 Å². The Labute approximate surface area is 226 Å². The van der Waals surface area contributed by atoms with E-state index in [2.05, 4.69) is 25.8 Å². The number of hydrogen-bond acceptors (Lipinski definition) is 5. The first-order valence-corrected chi connectivity index (χ1v) is 14.3. The van der Waals surface area contributed by atoms with Crippen LogP contribution in [0.2, 0.25) is 0 Å². The zero-order valence-corrected chi connectivity index (χ0v) is 22.5. The fraction of sp³-hybridized carbons (Fsp3) is 0.533. The number of ether oxygens (including phenoxy) is 1. The third kappa shape index (κ3) is 6.98. The zero-order chi connectivity index (χ0) is 26.3. The van der Waals surface area contributed by atoms with Crippen LogP contribution in [0.5, 0.6) is 5.75 Å². The van der Waals surface area contributed by atoms with Gasteiger partial charge < -0.3 is 25.6 Å². The van der Waals surface area contributed by atoms with Crippen molar-refractivity contribution in [3.05, 3.63) is 48.5 Å². The molecule has 8 nitrogen and oxygen atoms in total. The van der Waals surface area contributed by atoms with Gasteiger partial charge in [-0.05, 0) is 113 Å². The first kappa shape index (κ1) is 26.4. The minimum Gasteiger partial charge on any atom is -0.490 e. The lowest BCUT2D eigenvalue weighted by molar-refractivity contribution is -0.126. The molecule has 0 aromatic heterocycles. The van der Waals surface area contributed by atoms with Crippen LogP contribution in [0.1, 0.15) is 58.3 Å². The van der Waals surface area contributed by atoms with Crippen molar-refractivity contribution in [3.8, 4) is 5.75 Å². The molecule has 2 unspecified atom stereocenters. The third-order valence-electron chi connectivity index (χ3n) is 8.06. The maximum absolute atomic E-state index is 12.8. The number of benzene rings is 2. The average Bonchev–Trinajstić information content (AvgIpc) is 3.63. The highest BCUT2D eigenvalue weighted by Gasteiger charge is 2.28. The van der Waals surface area contributed by atoms with Crippen LogP contribution in [0.25, 0.3) is 0 Å². The van der Waals surface area contributed by atoms with E-state index in [0.717, 1.165) is 68.3 Å². The second-order valence-electron chi connectivity index (χ2n) is 10.9. The maximum atomic E-state index is 12.8. The summed E-state index contributed by atoms with van der Waals surface area (Å²) in [5, 5.41) is 9.04. The monoisotopic (exact) mass is 519 g/mol. The lowest BCUT2D eigenvalue weighted by Crippen LogP contribution is -2.50. The number of nitrogens with zero attached hydrogens (tertiary/aromatic N) is 2. The van der Waals surface area contributed by atoms with Crippen LogP contribution in [0.15, 0.2) is 48.5 Å². The lowest BCUT2D eigenvalue weighted by Gasteiger charge is -2.32. The standard InChI is InChI=1S/C30H41N5O3/c1-22(34-18-5-2-6-19-34)29(36)31-25-17-20-35(21-25)26-13-9-23(10-14-26)32-30(37)33-24-11-15-28(16-12-24)38-27-7-3-4-8-27/h9-16,22,25,27H,2-8,17-21H2,1H3,(H,31,36)(H2,32,33,37). The number of carbonyl (C=O) groups excluding carboxylic acids is 2. The molecule has 3 N–H and O–H groups in total. The van der Waals surface area contributed by atoms with E-state index in [9.17, 15) is 9.59 Å². The van der Waals surface area contributed by atoms with Crippen molar-refractivity contribution in [1.82, 2.24) is 10.2 Å². The molecule has 3 aliphatic rings. The number of urea groups is 1. The Morgan fingerprint density at radius 2 is 1.45 bits per heavy atom. The molecule has 2 saturated heterocycles. The number of likely N-dealkylation sites (tertiary alicyclic amines) is 1. The molecule has 2 aromatic rings. The van der Waals surface area contributed by atoms with E-state index < -0.39 is 0 Å². The van der Waals surface area contributed by atoms with Gasteiger partial charge in [0.05, 0.1) is 12.1 Å². The SMILES string of the molecule is CC(C(=O)NC1CCN(c2ccc(NC(=O)Nc3ccc(OC4CCCC4)cc3)cc2)C1)N1CCCCC1. The smallest absolute Gasteiger partial charge is 0.323 e. The van der Waals surface area contributed by atoms with Gasteiger partial charge >= 0.3 is 6.03 Å². The quantitative estimate of drug-likeness (QED) is 0.445. The molecule has 0 bridgehead atoms. The van der Waals surface area contributed by atoms with Crippen molar-refractivity contribution in [1.29, 1.82) is 0 Å². The highest BCUT2D eigenvalue weighted by atomic mass is 16.5. The lowest BCUT2D eigenvalue weighted by atomic mass is 10.1. The van der Waals surface area contributed by atoms with Gasteiger partial charge in [0, 0.05) is 36.2 Å². The summed E-state index contributed by atoms with van der Waals surface area (Å²) >= 11 is 0. The predicted molar refractivity (Wildman–Crippen MR) is 152 cm³/mol. The second kappa shape index (κ2) is 12.5. The minimum absolute atomic E-state index is 0.0657. The molecule has 2 aliphatic heterocycles. The Hall–Kier alpha value is -3.26. The Bertz CT molecular complexity index is 1060. The van der Waals surface area contributed by atoms with Crippen molar-refractivity contribution < 1.29 is 14.3 Å². The van der Waals surface area contributed by atoms with Gasteiger partial charge in [-0.3, -0.25) is 9.69 Å². The average molecular weight is 520 g/mol. The third-order valence-corrected chi connectivity index (χ3v) is 8.06. The first-order chi connectivity index (χ1) is 18.5. The normalized spacial score (nSPS) is 21.2. The fourth-order valence-electron chi connectivity index (χ4n) is 5.77. The molecule has 0 spiro atoms. The molecule has 8 heteroatoms. The summed E-state index contributed by atoms with van der Waals surface area (Å²) in [5.41, 5.74) is 2.54. The summed E-state index contributed by atoms with van der Waals surface area (Å²) in [4.78, 5) is 29.9. The van der Waals surface area contributed by atoms with E-state index in [-0.39, 0.29) is 24.0 Å². The highest BCUT2D eigenvalue weighted by molar-refractivity contribution is 5.99. The van der Waals surface area contributed by atoms with Gasteiger partial charge in [0.15, 0.2) is 0 Å². The first-order valence-electron chi connectivity index (χ1n) is 14.3. The van der Waals surface area contributed by atoms with Crippen LogP contribution in [0.4, 0.5) is 21.9 Å². The van der Waals surface area contributed by atoms with E-state index >= 15 is 0 Å². The maximum Gasteiger partial charge on any atom is 0.323 e. The largest absolute Gasteiger partial charge is 0.490 e. The van der Waals surface area contributed by atoms with Crippen LogP contribution >= 0.6 is 0 Å². The van der Waals surface area contributed by atoms with Crippen LogP contribution in [0, 0.1) is 0 Å². The zero-order valence-electron chi connectivity index (χ0n) is 22.5. The molecule has 3 fully saturated rings. The Kier molecular flexibility index (Phi) is 8.68. The molecular weight excluding hydrogens is 478 g/mol. The molecule has 2 heterocycles. The van der Waals surface area contributed by atoms with Crippen molar-refractivity contribution in [2.75, 3.05) is 41.7 Å². The van der Waals surface area contributed by atoms with Gasteiger partial charge in [-0.1, -0.05) is 6.42 Å². The van der Waals surface area contributed by atoms with Crippen molar-refractivity contribution in [2.45, 2.75) is 76.5 Å². The summed E-state index contributed by atoms with van der Waals surface area (Å²) in [6.45, 7) is 5.76. The molecular formula is C30H41N5O3. The molecule has 2 aromatic carbocycles. The molecule has 38 heavy (non-hydrogen) atoms. The van der Waals surface area contributed by atoms with Gasteiger partial charge in [-0.25, -0.2) is 4.79 Å². The topological polar surface area (TPSA) is 85.9 Å². The van der Waals surface area contributed by atoms with Crippen LogP contribution in [0.3, 0.4) is 0 Å². The fourth-order valence-corrected chi connectivity index (χ4v) is 5.77. The molecule has 1 saturated carbocycles. The Balaban J connectivity index is 1.06. The number of nitrogens with one attached hydrogen (secondary N) is 3. The van der Waals surface area contributed by atoms with Crippen molar-refractivity contribution in [2.24, 2.45) is 0 Å². The molecule has 2 atom stereocenters. The van der Waals surface area contributed by atoms with E-state index in [1.807, 2.05) is 55.5 Å². The van der Waals surface area contributed by atoms with Crippen molar-refractivity contribution >= 4 is 29.0 Å². The summed E-state index contributed by atoms with van der Waals surface area (Å²) in [6.07, 6.45) is 9.60. The number of amides is 3. The summed E-state index contributed by atoms with van der Waals surface area (Å²) in [6, 6.07) is 15.2. The molecule has 204 valence electrons. The highest BCUT2D eigenvalue weighted by Crippen LogP contribution is 2.26. The number of piperidine rings is 1. The van der Waals surface area contributed by atoms with Gasteiger partial charge in [0.25, 0.3) is 0 Å². The van der Waals surface area contributed by atoms with Crippen LogP contribution in [-0.4, -0.2) is 61.2 Å². The minimum atomic E-state index is -0.283. The van der Waals surface area contributed by atoms with E-state index in [1.54, 1.807) is 0 Å². The van der Waals surface area contributed by atoms with Crippen LogP contribution in [-0.2, 0) is 4.79 Å². The number of carbonyl (C=O) groups is 2. The number of rotatable bonds is 8. The van der Waals surface area contributed by atoms with Gasteiger partial charge in [-0.15, -0.1) is 0 Å². The van der Waals surface area contributed by atoms with Gasteiger partial charge in [-0.2, -0.15) is 0 Å². The predicted octanol–water partition coefficient (Wildman–Crippen LogP) is 5.22. The second-order valence-corrected chi connectivity index (χ2v) is 10.9. The molecule has 3 amide bonds. The summed E-state index contributed by atoms with van der Waals surface area (Å²) in [7, 11) is 0. The van der Waals surface area contributed by atoms with Crippen molar-refractivity contribution in [3.63, 3.8) is 0 Å². The Morgan fingerprint density at radius 1 is 0.816 bits per heavy atom.